The van der Waals surface area contributed by atoms with Crippen molar-refractivity contribution in [2.45, 2.75) is 0 Å². The predicted molar refractivity (Wildman–Crippen MR) is 133 cm³/mol. The van der Waals surface area contributed by atoms with E-state index < -0.39 is 35.4 Å². The molecule has 2 aromatic carbocycles. The first-order chi connectivity index (χ1) is 17.2. The normalized spacial score (nSPS) is 17.5. The van der Waals surface area contributed by atoms with Crippen LogP contribution in [0.3, 0.4) is 0 Å². The molecule has 0 spiro atoms. The third kappa shape index (κ3) is 5.78. The molecule has 1 saturated heterocycles. The van der Waals surface area contributed by atoms with Crippen molar-refractivity contribution in [2.75, 3.05) is 30.3 Å². The molecule has 0 bridgehead atoms. The van der Waals surface area contributed by atoms with Gasteiger partial charge in [-0.1, -0.05) is 17.7 Å². The Balaban J connectivity index is 1.52. The molecular formula is C25H23ClFN5O4. The number of primary amides is 1. The number of benzene rings is 2. The summed E-state index contributed by atoms with van der Waals surface area (Å²) in [5.74, 6) is -4.03. The van der Waals surface area contributed by atoms with E-state index in [2.05, 4.69) is 10.6 Å². The number of nitrogens with two attached hydrogens (primary N) is 1. The van der Waals surface area contributed by atoms with Crippen molar-refractivity contribution in [1.29, 1.82) is 0 Å². The lowest BCUT2D eigenvalue weighted by molar-refractivity contribution is -0.127. The molecule has 1 aromatic heterocycles. The van der Waals surface area contributed by atoms with Gasteiger partial charge in [-0.2, -0.15) is 0 Å². The smallest absolute Gasteiger partial charge is 0.255 e. The maximum Gasteiger partial charge on any atom is 0.255 e. The van der Waals surface area contributed by atoms with Gasteiger partial charge >= 0.3 is 0 Å². The number of rotatable bonds is 7. The van der Waals surface area contributed by atoms with Crippen LogP contribution >= 0.6 is 11.6 Å². The quantitative estimate of drug-likeness (QED) is 0.448. The first kappa shape index (κ1) is 25.1. The summed E-state index contributed by atoms with van der Waals surface area (Å²) in [5, 5.41) is 5.79. The van der Waals surface area contributed by atoms with Crippen molar-refractivity contribution >= 4 is 40.7 Å². The van der Waals surface area contributed by atoms with Crippen LogP contribution in [0.4, 0.5) is 15.8 Å². The molecular weight excluding hydrogens is 489 g/mol. The lowest BCUT2D eigenvalue weighted by atomic mass is 9.94. The molecule has 0 saturated carbocycles. The molecule has 0 aliphatic carbocycles. The minimum absolute atomic E-state index is 0.0899. The van der Waals surface area contributed by atoms with Crippen LogP contribution in [0, 0.1) is 17.7 Å². The maximum absolute atomic E-state index is 14.8. The highest BCUT2D eigenvalue weighted by molar-refractivity contribution is 6.30. The second-order valence-electron chi connectivity index (χ2n) is 8.43. The summed E-state index contributed by atoms with van der Waals surface area (Å²) in [6.45, 7) is 0.0920. The lowest BCUT2D eigenvalue weighted by Crippen LogP contribution is -2.35. The molecule has 1 fully saturated rings. The van der Waals surface area contributed by atoms with E-state index in [1.54, 1.807) is 41.3 Å². The van der Waals surface area contributed by atoms with Crippen molar-refractivity contribution in [3.8, 4) is 5.69 Å². The van der Waals surface area contributed by atoms with Crippen molar-refractivity contribution in [2.24, 2.45) is 17.6 Å². The van der Waals surface area contributed by atoms with Crippen LogP contribution in [-0.4, -0.2) is 46.8 Å². The molecule has 0 unspecified atom stereocenters. The van der Waals surface area contributed by atoms with E-state index in [1.165, 1.54) is 29.0 Å². The minimum atomic E-state index is -0.868. The third-order valence-electron chi connectivity index (χ3n) is 5.87. The SMILES string of the molecule is NC(=O)CN1C[C@H](C(=O)Nc2ccc(Cl)cc2)[C@@H](C(=O)Nc2ccc(-n3ccccc3=O)cc2F)C1. The summed E-state index contributed by atoms with van der Waals surface area (Å²) in [7, 11) is 0. The summed E-state index contributed by atoms with van der Waals surface area (Å²) in [6, 6.07) is 15.0. The van der Waals surface area contributed by atoms with Crippen LogP contribution < -0.4 is 21.9 Å². The molecule has 11 heteroatoms. The molecule has 9 nitrogen and oxygen atoms in total. The summed E-state index contributed by atoms with van der Waals surface area (Å²) in [5.41, 5.74) is 5.66. The number of halogens is 2. The van der Waals surface area contributed by atoms with E-state index >= 15 is 0 Å². The zero-order valence-corrected chi connectivity index (χ0v) is 19.7. The Morgan fingerprint density at radius 1 is 0.972 bits per heavy atom. The van der Waals surface area contributed by atoms with Crippen LogP contribution in [0.2, 0.25) is 5.02 Å². The molecule has 1 aliphatic rings. The number of pyridine rings is 1. The fourth-order valence-electron chi connectivity index (χ4n) is 4.16. The predicted octanol–water partition coefficient (Wildman–Crippen LogP) is 2.24. The molecule has 36 heavy (non-hydrogen) atoms. The van der Waals surface area contributed by atoms with Gasteiger partial charge in [-0.15, -0.1) is 0 Å². The van der Waals surface area contributed by atoms with Crippen molar-refractivity contribution in [3.63, 3.8) is 0 Å². The van der Waals surface area contributed by atoms with Gasteiger partial charge in [-0.25, -0.2) is 4.39 Å². The molecule has 2 heterocycles. The third-order valence-corrected chi connectivity index (χ3v) is 6.12. The first-order valence-corrected chi connectivity index (χ1v) is 11.4. The van der Waals surface area contributed by atoms with Crippen LogP contribution in [0.15, 0.2) is 71.7 Å². The fourth-order valence-corrected chi connectivity index (χ4v) is 4.28. The largest absolute Gasteiger partial charge is 0.369 e. The topological polar surface area (TPSA) is 127 Å². The number of carbonyl (C=O) groups excluding carboxylic acids is 3. The fraction of sp³-hybridized carbons (Fsp3) is 0.200. The van der Waals surface area contributed by atoms with Gasteiger partial charge < -0.3 is 16.4 Å². The summed E-state index contributed by atoms with van der Waals surface area (Å²) >= 11 is 5.89. The Morgan fingerprint density at radius 3 is 2.25 bits per heavy atom. The Morgan fingerprint density at radius 2 is 1.64 bits per heavy atom. The van der Waals surface area contributed by atoms with E-state index in [0.717, 1.165) is 6.07 Å². The van der Waals surface area contributed by atoms with Gasteiger partial charge in [0.05, 0.1) is 29.8 Å². The molecule has 3 amide bonds. The number of aromatic nitrogens is 1. The Kier molecular flexibility index (Phi) is 7.47. The van der Waals surface area contributed by atoms with Gasteiger partial charge in [-0.3, -0.25) is 28.6 Å². The number of amides is 3. The van der Waals surface area contributed by atoms with Crippen LogP contribution in [0.5, 0.6) is 0 Å². The number of hydrogen-bond donors (Lipinski definition) is 3. The summed E-state index contributed by atoms with van der Waals surface area (Å²) in [4.78, 5) is 51.2. The van der Waals surface area contributed by atoms with Gasteiger partial charge in [0, 0.05) is 42.1 Å². The Labute approximate surface area is 210 Å². The highest BCUT2D eigenvalue weighted by Crippen LogP contribution is 2.28. The molecule has 4 N–H and O–H groups in total. The van der Waals surface area contributed by atoms with Gasteiger partial charge in [0.1, 0.15) is 5.82 Å². The van der Waals surface area contributed by atoms with E-state index in [-0.39, 0.29) is 30.9 Å². The molecule has 186 valence electrons. The highest BCUT2D eigenvalue weighted by atomic mass is 35.5. The second-order valence-corrected chi connectivity index (χ2v) is 8.87. The van der Waals surface area contributed by atoms with Crippen LogP contribution in [0.1, 0.15) is 0 Å². The van der Waals surface area contributed by atoms with Gasteiger partial charge in [0.15, 0.2) is 0 Å². The Hall–Kier alpha value is -4.02. The first-order valence-electron chi connectivity index (χ1n) is 11.1. The van der Waals surface area contributed by atoms with E-state index in [4.69, 9.17) is 17.3 Å². The van der Waals surface area contributed by atoms with Gasteiger partial charge in [-0.05, 0) is 42.5 Å². The zero-order valence-electron chi connectivity index (χ0n) is 19.0. The lowest BCUT2D eigenvalue weighted by Gasteiger charge is -2.18. The number of hydrogen-bond acceptors (Lipinski definition) is 5. The average molecular weight is 512 g/mol. The van der Waals surface area contributed by atoms with E-state index in [1.807, 2.05) is 0 Å². The standard InChI is InChI=1S/C25H23ClFN5O4/c26-15-4-6-16(7-5-15)29-24(35)18-12-31(14-22(28)33)13-19(18)25(36)30-21-9-8-17(11-20(21)27)32-10-2-1-3-23(32)34/h1-11,18-19H,12-14H2,(H2,28,33)(H,29,35)(H,30,36)/t18-,19-/m0/s1. The van der Waals surface area contributed by atoms with Crippen molar-refractivity contribution in [1.82, 2.24) is 9.47 Å². The molecule has 0 radical (unpaired) electrons. The Bertz CT molecular complexity index is 1360. The monoisotopic (exact) mass is 511 g/mol. The zero-order chi connectivity index (χ0) is 25.8. The molecule has 1 aliphatic heterocycles. The van der Waals surface area contributed by atoms with E-state index in [9.17, 15) is 23.6 Å². The highest BCUT2D eigenvalue weighted by Gasteiger charge is 2.42. The van der Waals surface area contributed by atoms with E-state index in [0.29, 0.717) is 16.4 Å². The van der Waals surface area contributed by atoms with Crippen LogP contribution in [-0.2, 0) is 14.4 Å². The number of nitrogens with one attached hydrogen (secondary N) is 2. The van der Waals surface area contributed by atoms with Crippen LogP contribution in [0.25, 0.3) is 5.69 Å². The molecule has 4 rings (SSSR count). The van der Waals surface area contributed by atoms with Gasteiger partial charge in [0.25, 0.3) is 5.56 Å². The summed E-state index contributed by atoms with van der Waals surface area (Å²) in [6.07, 6.45) is 1.51. The summed E-state index contributed by atoms with van der Waals surface area (Å²) < 4.78 is 16.1. The van der Waals surface area contributed by atoms with Crippen molar-refractivity contribution in [3.05, 3.63) is 88.1 Å². The minimum Gasteiger partial charge on any atom is -0.369 e. The number of nitrogens with zero attached hydrogens (tertiary/aromatic N) is 2. The average Bonchev–Trinajstić information content (AvgIpc) is 3.25. The number of likely N-dealkylation sites (tertiary alicyclic amines) is 1. The maximum atomic E-state index is 14.8. The van der Waals surface area contributed by atoms with Crippen molar-refractivity contribution < 1.29 is 18.8 Å². The number of anilines is 2. The second kappa shape index (κ2) is 10.7. The van der Waals surface area contributed by atoms with Gasteiger partial charge in [0.2, 0.25) is 17.7 Å². The molecule has 3 aromatic rings. The molecule has 2 atom stereocenters. The number of carbonyl (C=O) groups is 3.